The Kier molecular flexibility index (Phi) is 15.0. The molecule has 25 heavy (non-hydrogen) atoms. The zero-order valence-electron chi connectivity index (χ0n) is 17.3. The summed E-state index contributed by atoms with van der Waals surface area (Å²) < 4.78 is 0. The molecular formula is C22H35N3. The fourth-order valence-electron chi connectivity index (χ4n) is 1.98. The highest BCUT2D eigenvalue weighted by Crippen LogP contribution is 2.08. The molecule has 2 aromatic heterocycles. The molecule has 0 atom stereocenters. The number of aromatic amines is 1. The number of rotatable bonds is 3. The van der Waals surface area contributed by atoms with Gasteiger partial charge in [-0.05, 0) is 30.7 Å². The van der Waals surface area contributed by atoms with Crippen LogP contribution < -0.4 is 10.4 Å². The minimum absolute atomic E-state index is 0.884. The number of H-pyrrole nitrogens is 1. The zero-order valence-corrected chi connectivity index (χ0v) is 17.3. The quantitative estimate of drug-likeness (QED) is 0.859. The molecule has 0 saturated heterocycles. The lowest BCUT2D eigenvalue weighted by molar-refractivity contribution is 1.14. The first-order valence-corrected chi connectivity index (χ1v) is 9.09. The van der Waals surface area contributed by atoms with Crippen molar-refractivity contribution in [2.45, 2.75) is 55.4 Å². The molecule has 0 aromatic carbocycles. The Balaban J connectivity index is 0. The number of hydrogen-bond donors (Lipinski definition) is 1. The molecule has 0 aliphatic rings. The van der Waals surface area contributed by atoms with Crippen LogP contribution in [0.4, 0.5) is 0 Å². The summed E-state index contributed by atoms with van der Waals surface area (Å²) in [6.45, 7) is 23.7. The van der Waals surface area contributed by atoms with E-state index in [0.717, 1.165) is 33.1 Å². The molecule has 0 bridgehead atoms. The van der Waals surface area contributed by atoms with Crippen molar-refractivity contribution in [1.29, 1.82) is 0 Å². The first-order valence-electron chi connectivity index (χ1n) is 9.09. The molecule has 3 heteroatoms. The van der Waals surface area contributed by atoms with Gasteiger partial charge in [0.2, 0.25) is 0 Å². The van der Waals surface area contributed by atoms with Crippen molar-refractivity contribution in [1.82, 2.24) is 15.0 Å². The van der Waals surface area contributed by atoms with Crippen molar-refractivity contribution in [3.8, 4) is 0 Å². The highest BCUT2D eigenvalue weighted by Gasteiger charge is 2.03. The van der Waals surface area contributed by atoms with Crippen molar-refractivity contribution in [2.75, 3.05) is 0 Å². The average Bonchev–Trinajstić information content (AvgIpc) is 3.13. The summed E-state index contributed by atoms with van der Waals surface area (Å²) in [5, 5.41) is 2.13. The smallest absolute Gasteiger partial charge is 0.103 e. The van der Waals surface area contributed by atoms with Crippen LogP contribution in [-0.2, 0) is 0 Å². The van der Waals surface area contributed by atoms with E-state index in [1.165, 1.54) is 0 Å². The van der Waals surface area contributed by atoms with Gasteiger partial charge in [-0.25, -0.2) is 4.98 Å². The van der Waals surface area contributed by atoms with E-state index in [0.29, 0.717) is 0 Å². The molecule has 0 saturated carbocycles. The minimum atomic E-state index is 0.884. The number of aryl methyl sites for hydroxylation is 1. The van der Waals surface area contributed by atoms with Crippen LogP contribution in [0.25, 0.3) is 11.1 Å². The third-order valence-corrected chi connectivity index (χ3v) is 3.04. The van der Waals surface area contributed by atoms with Gasteiger partial charge in [0.25, 0.3) is 0 Å². The molecule has 2 rings (SSSR count). The van der Waals surface area contributed by atoms with Crippen LogP contribution in [0.15, 0.2) is 50.0 Å². The number of nitrogens with one attached hydrogen (secondary N) is 1. The van der Waals surface area contributed by atoms with E-state index in [1.807, 2.05) is 86.0 Å². The summed E-state index contributed by atoms with van der Waals surface area (Å²) in [6, 6.07) is 1.98. The Morgan fingerprint density at radius 3 is 2.00 bits per heavy atom. The molecule has 0 radical (unpaired) electrons. The number of nitrogens with zero attached hydrogens (tertiary/aromatic N) is 2. The van der Waals surface area contributed by atoms with Gasteiger partial charge in [-0.15, -0.1) is 0 Å². The Morgan fingerprint density at radius 2 is 1.56 bits per heavy atom. The van der Waals surface area contributed by atoms with Gasteiger partial charge in [0, 0.05) is 23.2 Å². The van der Waals surface area contributed by atoms with Gasteiger partial charge in [0.15, 0.2) is 0 Å². The predicted octanol–water partition coefficient (Wildman–Crippen LogP) is 4.93. The Labute approximate surface area is 154 Å². The molecule has 0 spiro atoms. The van der Waals surface area contributed by atoms with Crippen LogP contribution in [-0.4, -0.2) is 15.0 Å². The van der Waals surface area contributed by atoms with Crippen LogP contribution in [0, 0.1) is 6.92 Å². The number of pyridine rings is 1. The second kappa shape index (κ2) is 15.1. The molecule has 0 aliphatic heterocycles. The summed E-state index contributed by atoms with van der Waals surface area (Å²) in [5.74, 6) is 0.884. The first kappa shape index (κ1) is 24.8. The third-order valence-electron chi connectivity index (χ3n) is 3.04. The molecule has 0 aliphatic carbocycles. The third kappa shape index (κ3) is 7.34. The topological polar surface area (TPSA) is 41.6 Å². The van der Waals surface area contributed by atoms with E-state index in [4.69, 9.17) is 0 Å². The van der Waals surface area contributed by atoms with Crippen LogP contribution in [0.5, 0.6) is 0 Å². The van der Waals surface area contributed by atoms with Gasteiger partial charge in [0.1, 0.15) is 5.82 Å². The molecule has 2 aromatic rings. The van der Waals surface area contributed by atoms with E-state index in [9.17, 15) is 0 Å². The van der Waals surface area contributed by atoms with Crippen LogP contribution in [0.1, 0.15) is 60.0 Å². The van der Waals surface area contributed by atoms with E-state index in [-0.39, 0.29) is 0 Å². The lowest BCUT2D eigenvalue weighted by atomic mass is 10.1. The summed E-state index contributed by atoms with van der Waals surface area (Å²) in [6.07, 6.45) is 9.11. The lowest BCUT2D eigenvalue weighted by Crippen LogP contribution is -2.29. The Bertz CT molecular complexity index is 737. The van der Waals surface area contributed by atoms with Gasteiger partial charge < -0.3 is 4.98 Å². The number of aromatic nitrogens is 3. The molecule has 0 unspecified atom stereocenters. The lowest BCUT2D eigenvalue weighted by Gasteiger charge is -2.01. The van der Waals surface area contributed by atoms with Gasteiger partial charge in [-0.2, -0.15) is 0 Å². The summed E-state index contributed by atoms with van der Waals surface area (Å²) in [4.78, 5) is 11.7. The second-order valence-corrected chi connectivity index (χ2v) is 4.31. The normalized spacial score (nSPS) is 11.2. The van der Waals surface area contributed by atoms with Gasteiger partial charge in [0.05, 0.1) is 11.9 Å². The molecule has 2 heterocycles. The van der Waals surface area contributed by atoms with Crippen LogP contribution in [0.3, 0.4) is 0 Å². The van der Waals surface area contributed by atoms with Crippen LogP contribution >= 0.6 is 0 Å². The molecule has 138 valence electrons. The van der Waals surface area contributed by atoms with Crippen molar-refractivity contribution >= 4 is 11.1 Å². The number of imidazole rings is 1. The van der Waals surface area contributed by atoms with Gasteiger partial charge in [-0.3, -0.25) is 4.98 Å². The Hall–Kier alpha value is -2.42. The molecule has 0 fully saturated rings. The van der Waals surface area contributed by atoms with Crippen molar-refractivity contribution in [2.24, 2.45) is 0 Å². The van der Waals surface area contributed by atoms with Gasteiger partial charge >= 0.3 is 0 Å². The molecule has 3 nitrogen and oxygen atoms in total. The zero-order chi connectivity index (χ0) is 19.8. The van der Waals surface area contributed by atoms with Crippen molar-refractivity contribution in [3.63, 3.8) is 0 Å². The monoisotopic (exact) mass is 341 g/mol. The fraction of sp³-hybridized carbons (Fsp3) is 0.364. The largest absolute Gasteiger partial charge is 0.342 e. The maximum atomic E-state index is 4.24. The number of allylic oxidation sites excluding steroid dienone is 2. The molecule has 1 N–H and O–H groups in total. The van der Waals surface area contributed by atoms with E-state index in [1.54, 1.807) is 6.20 Å². The van der Waals surface area contributed by atoms with Gasteiger partial charge in [-0.1, -0.05) is 66.9 Å². The standard InChI is InChI=1S/C16H17N3.3C2H6/c1-5-11(3)15-9-17-8-7-14(15)13(6-2)16-10-18-12(4)19-16;3*1-2/h5-10H,1-2H2,3-4H3,(H,18,19);3*1-2H3/b14-13+,15-11-;;;. The van der Waals surface area contributed by atoms with Crippen molar-refractivity contribution in [3.05, 3.63) is 71.9 Å². The highest BCUT2D eigenvalue weighted by molar-refractivity contribution is 5.71. The highest BCUT2D eigenvalue weighted by atomic mass is 14.9. The molecular weight excluding hydrogens is 306 g/mol. The maximum absolute atomic E-state index is 4.24. The predicted molar refractivity (Wildman–Crippen MR) is 113 cm³/mol. The van der Waals surface area contributed by atoms with E-state index in [2.05, 4.69) is 28.1 Å². The van der Waals surface area contributed by atoms with Crippen molar-refractivity contribution < 1.29 is 0 Å². The van der Waals surface area contributed by atoms with E-state index >= 15 is 0 Å². The average molecular weight is 342 g/mol. The number of hydrogen-bond acceptors (Lipinski definition) is 2. The summed E-state index contributed by atoms with van der Waals surface area (Å²) in [7, 11) is 0. The SMILES string of the molecule is C=C/C(C)=c1/cncc/c1=C(/C=C)c1cnc(C)[nH]1.CC.CC.CC. The maximum Gasteiger partial charge on any atom is 0.103 e. The molecule has 0 amide bonds. The minimum Gasteiger partial charge on any atom is -0.342 e. The Morgan fingerprint density at radius 1 is 0.960 bits per heavy atom. The van der Waals surface area contributed by atoms with E-state index < -0.39 is 0 Å². The summed E-state index contributed by atoms with van der Waals surface area (Å²) in [5.41, 5.74) is 3.05. The van der Waals surface area contributed by atoms with Crippen LogP contribution in [0.2, 0.25) is 0 Å². The first-order chi connectivity index (χ1) is 12.2. The fourth-order valence-corrected chi connectivity index (χ4v) is 1.98. The second-order valence-electron chi connectivity index (χ2n) is 4.31. The summed E-state index contributed by atoms with van der Waals surface area (Å²) >= 11 is 0.